The fourth-order valence-electron chi connectivity index (χ4n) is 0.671. The molecule has 0 bridgehead atoms. The van der Waals surface area contributed by atoms with Gasteiger partial charge in [0.05, 0.1) is 0 Å². The molecule has 1 aromatic carbocycles. The van der Waals surface area contributed by atoms with Crippen LogP contribution in [0.25, 0.3) is 0 Å². The average molecular weight is 258 g/mol. The van der Waals surface area contributed by atoms with Crippen molar-refractivity contribution in [3.8, 4) is 0 Å². The molecule has 1 rings (SSSR count). The van der Waals surface area contributed by atoms with Crippen LogP contribution in [0.5, 0.6) is 0 Å². The number of benzene rings is 1. The molecule has 0 amide bonds. The van der Waals surface area contributed by atoms with Crippen LogP contribution in [-0.2, 0) is 11.1 Å². The zero-order valence-electron chi connectivity index (χ0n) is 6.41. The van der Waals surface area contributed by atoms with Gasteiger partial charge in [0, 0.05) is 15.1 Å². The van der Waals surface area contributed by atoms with Crippen molar-refractivity contribution in [3.63, 3.8) is 0 Å². The fraction of sp³-hybridized carbons (Fsp3) is 0. The Morgan fingerprint density at radius 2 is 2.08 bits per heavy atom. The second-order valence-corrected chi connectivity index (χ2v) is 3.74. The van der Waals surface area contributed by atoms with Gasteiger partial charge < -0.3 is 10.3 Å². The minimum atomic E-state index is -2.24. The number of hydrogen-bond donors (Lipinski definition) is 1. The molecule has 2 N–H and O–H groups in total. The second-order valence-electron chi connectivity index (χ2n) is 1.92. The van der Waals surface area contributed by atoms with Gasteiger partial charge in [-0.05, 0) is 29.3 Å². The molecule has 0 heterocycles. The van der Waals surface area contributed by atoms with Crippen molar-refractivity contribution in [3.05, 3.63) is 22.7 Å². The first-order valence-electron chi connectivity index (χ1n) is 2.75. The standard InChI is InChI=1S/C6H6BrNO2S.Na/c7-4-1-2-6(11(9)10)5(8)3-4;/h1-3H,8H2,(H,9,10);/q;+1/p-1. The summed E-state index contributed by atoms with van der Waals surface area (Å²) in [6.45, 7) is 0. The smallest absolute Gasteiger partial charge is 0.768 e. The summed E-state index contributed by atoms with van der Waals surface area (Å²) >= 11 is 0.920. The molecule has 0 aliphatic carbocycles. The monoisotopic (exact) mass is 257 g/mol. The summed E-state index contributed by atoms with van der Waals surface area (Å²) in [6, 6.07) is 4.62. The van der Waals surface area contributed by atoms with Gasteiger partial charge in [-0.15, -0.1) is 0 Å². The first-order valence-corrected chi connectivity index (χ1v) is 4.62. The summed E-state index contributed by atoms with van der Waals surface area (Å²) in [5.41, 5.74) is 5.66. The van der Waals surface area contributed by atoms with Crippen molar-refractivity contribution in [1.29, 1.82) is 0 Å². The van der Waals surface area contributed by atoms with Crippen molar-refractivity contribution in [2.24, 2.45) is 0 Å². The van der Waals surface area contributed by atoms with Crippen LogP contribution in [0.1, 0.15) is 0 Å². The van der Waals surface area contributed by atoms with Crippen LogP contribution < -0.4 is 35.3 Å². The summed E-state index contributed by atoms with van der Waals surface area (Å²) in [4.78, 5) is 0.133. The van der Waals surface area contributed by atoms with Gasteiger partial charge in [0.15, 0.2) is 0 Å². The number of rotatable bonds is 1. The average Bonchev–Trinajstić information content (AvgIpc) is 1.85. The first-order chi connectivity index (χ1) is 5.11. The van der Waals surface area contributed by atoms with Crippen molar-refractivity contribution in [2.45, 2.75) is 4.90 Å². The summed E-state index contributed by atoms with van der Waals surface area (Å²) in [6.07, 6.45) is 0. The Labute approximate surface area is 103 Å². The Hall–Kier alpha value is 0.610. The van der Waals surface area contributed by atoms with Crippen LogP contribution in [0.3, 0.4) is 0 Å². The van der Waals surface area contributed by atoms with Crippen molar-refractivity contribution >= 4 is 32.7 Å². The predicted molar refractivity (Wildman–Crippen MR) is 45.7 cm³/mol. The van der Waals surface area contributed by atoms with Crippen LogP contribution >= 0.6 is 15.9 Å². The third-order valence-corrected chi connectivity index (χ3v) is 2.38. The van der Waals surface area contributed by atoms with Gasteiger partial charge in [0.1, 0.15) is 0 Å². The molecule has 6 heteroatoms. The van der Waals surface area contributed by atoms with E-state index in [4.69, 9.17) is 5.73 Å². The van der Waals surface area contributed by atoms with E-state index in [2.05, 4.69) is 15.9 Å². The molecule has 0 saturated heterocycles. The van der Waals surface area contributed by atoms with Crippen LogP contribution in [0.4, 0.5) is 5.69 Å². The molecule has 0 aliphatic heterocycles. The number of nitrogen functional groups attached to an aromatic ring is 1. The van der Waals surface area contributed by atoms with Gasteiger partial charge >= 0.3 is 29.6 Å². The molecule has 0 fully saturated rings. The van der Waals surface area contributed by atoms with E-state index in [1.165, 1.54) is 6.07 Å². The van der Waals surface area contributed by atoms with E-state index in [1.54, 1.807) is 12.1 Å². The molecular formula is C6H5BrNNaO2S. The maximum Gasteiger partial charge on any atom is 1.00 e. The van der Waals surface area contributed by atoms with Crippen molar-refractivity contribution in [1.82, 2.24) is 0 Å². The maximum atomic E-state index is 10.4. The Balaban J connectivity index is 0.00000121. The largest absolute Gasteiger partial charge is 1.00 e. The van der Waals surface area contributed by atoms with E-state index in [-0.39, 0.29) is 40.1 Å². The van der Waals surface area contributed by atoms with Crippen LogP contribution in [0.15, 0.2) is 27.6 Å². The first kappa shape index (κ1) is 12.6. The molecule has 1 aromatic rings. The second kappa shape index (κ2) is 5.36. The Morgan fingerprint density at radius 3 is 2.50 bits per heavy atom. The van der Waals surface area contributed by atoms with Crippen molar-refractivity contribution < 1.29 is 38.3 Å². The molecule has 0 aromatic heterocycles. The predicted octanol–water partition coefficient (Wildman–Crippen LogP) is -1.73. The molecule has 3 nitrogen and oxygen atoms in total. The molecule has 1 atom stereocenters. The third-order valence-electron chi connectivity index (χ3n) is 1.15. The number of anilines is 1. The van der Waals surface area contributed by atoms with E-state index in [9.17, 15) is 8.76 Å². The van der Waals surface area contributed by atoms with Gasteiger partial charge in [-0.2, -0.15) is 0 Å². The van der Waals surface area contributed by atoms with Gasteiger partial charge in [-0.1, -0.05) is 15.9 Å². The zero-order valence-corrected chi connectivity index (χ0v) is 10.8. The summed E-state index contributed by atoms with van der Waals surface area (Å²) < 4.78 is 21.6. The van der Waals surface area contributed by atoms with Crippen LogP contribution in [0, 0.1) is 0 Å². The van der Waals surface area contributed by atoms with E-state index in [1.807, 2.05) is 0 Å². The van der Waals surface area contributed by atoms with Gasteiger partial charge in [-0.3, -0.25) is 4.21 Å². The van der Waals surface area contributed by atoms with Crippen molar-refractivity contribution in [2.75, 3.05) is 5.73 Å². The number of hydrogen-bond acceptors (Lipinski definition) is 3. The molecule has 0 saturated carbocycles. The van der Waals surface area contributed by atoms with Crippen LogP contribution in [0.2, 0.25) is 0 Å². The minimum Gasteiger partial charge on any atom is -0.768 e. The van der Waals surface area contributed by atoms with E-state index in [0.717, 1.165) is 4.47 Å². The molecule has 0 spiro atoms. The van der Waals surface area contributed by atoms with E-state index >= 15 is 0 Å². The third kappa shape index (κ3) is 3.16. The van der Waals surface area contributed by atoms with E-state index < -0.39 is 11.1 Å². The normalized spacial score (nSPS) is 11.8. The molecule has 12 heavy (non-hydrogen) atoms. The maximum absolute atomic E-state index is 10.4. The quantitative estimate of drug-likeness (QED) is 0.370. The molecule has 1 unspecified atom stereocenters. The minimum absolute atomic E-state index is 0. The van der Waals surface area contributed by atoms with Gasteiger partial charge in [-0.25, -0.2) is 0 Å². The molecule has 0 radical (unpaired) electrons. The number of halogens is 1. The number of nitrogens with two attached hydrogens (primary N) is 1. The summed E-state index contributed by atoms with van der Waals surface area (Å²) in [5.74, 6) is 0. The molecule has 0 aliphatic rings. The summed E-state index contributed by atoms with van der Waals surface area (Å²) in [5, 5.41) is 0. The fourth-order valence-corrected chi connectivity index (χ4v) is 1.48. The SMILES string of the molecule is Nc1cc(Br)ccc1S(=O)[O-].[Na+]. The Bertz CT molecular complexity index is 308. The summed E-state index contributed by atoms with van der Waals surface area (Å²) in [7, 11) is 0. The Kier molecular flexibility index (Phi) is 5.64. The topological polar surface area (TPSA) is 66.2 Å². The zero-order chi connectivity index (χ0) is 8.43. The molecular weight excluding hydrogens is 253 g/mol. The molecule has 60 valence electrons. The Morgan fingerprint density at radius 1 is 1.50 bits per heavy atom. The van der Waals surface area contributed by atoms with Gasteiger partial charge in [0.25, 0.3) is 0 Å². The van der Waals surface area contributed by atoms with Gasteiger partial charge in [0.2, 0.25) is 0 Å². The van der Waals surface area contributed by atoms with Crippen LogP contribution in [-0.4, -0.2) is 8.76 Å². The van der Waals surface area contributed by atoms with E-state index in [0.29, 0.717) is 0 Å².